The zero-order valence-electron chi connectivity index (χ0n) is 29.3. The fraction of sp³-hybridized carbons (Fsp3) is 0.935. The molecule has 0 amide bonds. The molecule has 268 valence electrons. The van der Waals surface area contributed by atoms with Crippen molar-refractivity contribution in [2.75, 3.05) is 66.1 Å². The molecular formula is C31H60O14. The molecule has 0 saturated heterocycles. The standard InChI is InChI=1S/C31H60O14/c1-11-24-42-30(40-19-9,28(34-13-3,35-14-4)36-15-5)44-26(32)22-21-23-27(33)45-31(41-20-10,43-25-12-2)29(37-16-6,38-17-7)39-18-8/h11-25H2,1-10H3. The molecule has 0 spiro atoms. The van der Waals surface area contributed by atoms with Gasteiger partial charge in [-0.3, -0.25) is 9.59 Å². The molecule has 2 unspecified atom stereocenters. The first kappa shape index (κ1) is 43.5. The first-order valence-corrected chi connectivity index (χ1v) is 16.4. The number of ether oxygens (including phenoxy) is 12. The number of rotatable bonds is 30. The second kappa shape index (κ2) is 23.8. The minimum absolute atomic E-state index is 0.0272. The summed E-state index contributed by atoms with van der Waals surface area (Å²) in [6.45, 7) is 18.9. The van der Waals surface area contributed by atoms with Crippen LogP contribution in [-0.2, 0) is 66.4 Å². The lowest BCUT2D eigenvalue weighted by Crippen LogP contribution is -2.65. The van der Waals surface area contributed by atoms with Gasteiger partial charge in [-0.25, -0.2) is 0 Å². The highest BCUT2D eigenvalue weighted by atomic mass is 17.0. The topological polar surface area (TPSA) is 145 Å². The lowest BCUT2D eigenvalue weighted by atomic mass is 10.2. The Bertz CT molecular complexity index is 685. The molecule has 0 saturated carbocycles. The van der Waals surface area contributed by atoms with Crippen LogP contribution in [0, 0.1) is 0 Å². The van der Waals surface area contributed by atoms with E-state index >= 15 is 0 Å². The minimum Gasteiger partial charge on any atom is -0.401 e. The van der Waals surface area contributed by atoms with Gasteiger partial charge in [0.25, 0.3) is 0 Å². The molecule has 0 aromatic carbocycles. The zero-order valence-corrected chi connectivity index (χ0v) is 29.3. The molecule has 0 fully saturated rings. The van der Waals surface area contributed by atoms with Gasteiger partial charge >= 0.3 is 35.8 Å². The Morgan fingerprint density at radius 2 is 0.622 bits per heavy atom. The first-order chi connectivity index (χ1) is 21.6. The fourth-order valence-corrected chi connectivity index (χ4v) is 4.23. The highest BCUT2D eigenvalue weighted by Gasteiger charge is 2.64. The molecular weight excluding hydrogens is 596 g/mol. The second-order valence-electron chi connectivity index (χ2n) is 9.19. The van der Waals surface area contributed by atoms with E-state index in [1.54, 1.807) is 55.4 Å². The normalized spacial score (nSPS) is 15.0. The van der Waals surface area contributed by atoms with Crippen molar-refractivity contribution in [3.05, 3.63) is 0 Å². The SMILES string of the molecule is CCCOC(OCC)(OC(=O)CCCC(=O)OC(OCC)(OCCC)C(OCC)(OCC)OCC)C(OCC)(OCC)OCC. The van der Waals surface area contributed by atoms with Crippen LogP contribution in [0.5, 0.6) is 0 Å². The fourth-order valence-electron chi connectivity index (χ4n) is 4.23. The Morgan fingerprint density at radius 1 is 0.378 bits per heavy atom. The number of carbonyl (C=O) groups is 2. The molecule has 0 radical (unpaired) electrons. The number of hydrogen-bond donors (Lipinski definition) is 0. The highest BCUT2D eigenvalue weighted by molar-refractivity contribution is 5.73. The third-order valence-electron chi connectivity index (χ3n) is 5.68. The summed E-state index contributed by atoms with van der Waals surface area (Å²) in [6, 6.07) is 0. The summed E-state index contributed by atoms with van der Waals surface area (Å²) in [5.41, 5.74) is 0. The van der Waals surface area contributed by atoms with Gasteiger partial charge in [0.1, 0.15) is 0 Å². The summed E-state index contributed by atoms with van der Waals surface area (Å²) in [4.78, 5) is 26.5. The summed E-state index contributed by atoms with van der Waals surface area (Å²) in [5.74, 6) is -9.86. The Labute approximate surface area is 269 Å². The van der Waals surface area contributed by atoms with Gasteiger partial charge in [-0.2, -0.15) is 0 Å². The van der Waals surface area contributed by atoms with Gasteiger partial charge in [0.05, 0.1) is 26.4 Å². The van der Waals surface area contributed by atoms with Crippen LogP contribution in [-0.4, -0.2) is 102 Å². The number of esters is 2. The number of hydrogen-bond acceptors (Lipinski definition) is 14. The number of carbonyl (C=O) groups excluding carboxylic acids is 2. The summed E-state index contributed by atoms with van der Waals surface area (Å²) in [7, 11) is 0. The molecule has 0 aliphatic carbocycles. The molecule has 0 aliphatic heterocycles. The smallest absolute Gasteiger partial charge is 0.401 e. The van der Waals surface area contributed by atoms with Crippen LogP contribution in [0.3, 0.4) is 0 Å². The van der Waals surface area contributed by atoms with Gasteiger partial charge in [-0.1, -0.05) is 13.8 Å². The van der Waals surface area contributed by atoms with E-state index < -0.39 is 35.8 Å². The van der Waals surface area contributed by atoms with Crippen molar-refractivity contribution in [2.45, 2.75) is 125 Å². The Kier molecular flexibility index (Phi) is 23.0. The molecule has 0 aromatic heterocycles. The molecule has 14 heteroatoms. The molecule has 0 aromatic rings. The lowest BCUT2D eigenvalue weighted by Gasteiger charge is -2.45. The van der Waals surface area contributed by atoms with Gasteiger partial charge in [-0.15, -0.1) is 0 Å². The van der Waals surface area contributed by atoms with Crippen molar-refractivity contribution < 1.29 is 66.4 Å². The highest BCUT2D eigenvalue weighted by Crippen LogP contribution is 2.38. The predicted molar refractivity (Wildman–Crippen MR) is 162 cm³/mol. The molecule has 0 rings (SSSR count). The molecule has 0 aliphatic rings. The van der Waals surface area contributed by atoms with E-state index in [1.807, 2.05) is 13.8 Å². The van der Waals surface area contributed by atoms with Gasteiger partial charge in [-0.05, 0) is 74.7 Å². The Hall–Kier alpha value is -1.46. The first-order valence-electron chi connectivity index (χ1n) is 16.4. The molecule has 14 nitrogen and oxygen atoms in total. The summed E-state index contributed by atoms with van der Waals surface area (Å²) >= 11 is 0. The molecule has 0 heterocycles. The minimum atomic E-state index is -2.18. The molecule has 45 heavy (non-hydrogen) atoms. The third kappa shape index (κ3) is 12.6. The second-order valence-corrected chi connectivity index (χ2v) is 9.19. The maximum Gasteiger partial charge on any atom is 0.416 e. The summed E-state index contributed by atoms with van der Waals surface area (Å²) < 4.78 is 70.5. The van der Waals surface area contributed by atoms with Gasteiger partial charge in [0, 0.05) is 52.5 Å². The quantitative estimate of drug-likeness (QED) is 0.0755. The molecule has 0 N–H and O–H groups in total. The van der Waals surface area contributed by atoms with Crippen LogP contribution in [0.1, 0.15) is 101 Å². The van der Waals surface area contributed by atoms with Crippen molar-refractivity contribution in [1.82, 2.24) is 0 Å². The van der Waals surface area contributed by atoms with Crippen LogP contribution >= 0.6 is 0 Å². The van der Waals surface area contributed by atoms with E-state index in [0.29, 0.717) is 12.8 Å². The van der Waals surface area contributed by atoms with E-state index in [1.165, 1.54) is 0 Å². The summed E-state index contributed by atoms with van der Waals surface area (Å²) in [6.07, 6.45) is 0.745. The van der Waals surface area contributed by atoms with Crippen LogP contribution < -0.4 is 0 Å². The maximum atomic E-state index is 13.3. The van der Waals surface area contributed by atoms with Gasteiger partial charge < -0.3 is 56.8 Å². The van der Waals surface area contributed by atoms with Crippen LogP contribution in [0.4, 0.5) is 0 Å². The van der Waals surface area contributed by atoms with Crippen LogP contribution in [0.15, 0.2) is 0 Å². The van der Waals surface area contributed by atoms with Crippen LogP contribution in [0.2, 0.25) is 0 Å². The van der Waals surface area contributed by atoms with Crippen molar-refractivity contribution in [1.29, 1.82) is 0 Å². The van der Waals surface area contributed by atoms with Crippen molar-refractivity contribution in [3.63, 3.8) is 0 Å². The van der Waals surface area contributed by atoms with Crippen molar-refractivity contribution >= 4 is 11.9 Å². The maximum absolute atomic E-state index is 13.3. The van der Waals surface area contributed by atoms with Crippen molar-refractivity contribution in [3.8, 4) is 0 Å². The average Bonchev–Trinajstić information content (AvgIpc) is 2.99. The predicted octanol–water partition coefficient (Wildman–Crippen LogP) is 5.00. The van der Waals surface area contributed by atoms with E-state index in [9.17, 15) is 9.59 Å². The monoisotopic (exact) mass is 656 g/mol. The Morgan fingerprint density at radius 3 is 0.844 bits per heavy atom. The van der Waals surface area contributed by atoms with E-state index in [4.69, 9.17) is 56.8 Å². The van der Waals surface area contributed by atoms with E-state index in [2.05, 4.69) is 0 Å². The average molecular weight is 657 g/mol. The molecule has 0 bridgehead atoms. The van der Waals surface area contributed by atoms with E-state index in [0.717, 1.165) is 0 Å². The van der Waals surface area contributed by atoms with Crippen molar-refractivity contribution in [2.24, 2.45) is 0 Å². The van der Waals surface area contributed by atoms with Gasteiger partial charge in [0.2, 0.25) is 0 Å². The largest absolute Gasteiger partial charge is 0.416 e. The molecule has 2 atom stereocenters. The summed E-state index contributed by atoms with van der Waals surface area (Å²) in [5, 5.41) is 0. The lowest BCUT2D eigenvalue weighted by molar-refractivity contribution is -0.550. The Balaban J connectivity index is 6.13. The van der Waals surface area contributed by atoms with E-state index in [-0.39, 0.29) is 85.3 Å². The zero-order chi connectivity index (χ0) is 34.2. The third-order valence-corrected chi connectivity index (χ3v) is 5.68. The van der Waals surface area contributed by atoms with Crippen LogP contribution in [0.25, 0.3) is 0 Å². The van der Waals surface area contributed by atoms with Gasteiger partial charge in [0.15, 0.2) is 0 Å².